The van der Waals surface area contributed by atoms with Gasteiger partial charge in [0.05, 0.1) is 0 Å². The van der Waals surface area contributed by atoms with E-state index >= 15 is 0 Å². The van der Waals surface area contributed by atoms with Crippen LogP contribution in [0.3, 0.4) is 0 Å². The van der Waals surface area contributed by atoms with Gasteiger partial charge in [-0.05, 0) is 42.8 Å². The number of halogens is 1. The zero-order chi connectivity index (χ0) is 13.5. The van der Waals surface area contributed by atoms with Crippen LogP contribution in [0.1, 0.15) is 35.7 Å². The molecule has 20 heavy (non-hydrogen) atoms. The zero-order valence-corrected chi connectivity index (χ0v) is 13.5. The number of rotatable bonds is 5. The van der Waals surface area contributed by atoms with Crippen molar-refractivity contribution in [2.24, 2.45) is 0 Å². The summed E-state index contributed by atoms with van der Waals surface area (Å²) < 4.78 is 0. The van der Waals surface area contributed by atoms with Gasteiger partial charge in [-0.3, -0.25) is 4.79 Å². The van der Waals surface area contributed by atoms with Gasteiger partial charge in [-0.1, -0.05) is 19.1 Å². The van der Waals surface area contributed by atoms with Crippen LogP contribution in [0.4, 0.5) is 0 Å². The summed E-state index contributed by atoms with van der Waals surface area (Å²) in [5, 5.41) is 6.40. The van der Waals surface area contributed by atoms with Gasteiger partial charge in [-0.2, -0.15) is 11.8 Å². The summed E-state index contributed by atoms with van der Waals surface area (Å²) in [7, 11) is 0. The Bertz CT molecular complexity index is 405. The van der Waals surface area contributed by atoms with Crippen LogP contribution in [0.15, 0.2) is 24.3 Å². The van der Waals surface area contributed by atoms with Gasteiger partial charge in [0.15, 0.2) is 0 Å². The van der Waals surface area contributed by atoms with E-state index in [0.717, 1.165) is 43.0 Å². The molecule has 1 aromatic carbocycles. The molecule has 1 heterocycles. The lowest BCUT2D eigenvalue weighted by molar-refractivity contribution is 0.0930. The quantitative estimate of drug-likeness (QED) is 0.878. The summed E-state index contributed by atoms with van der Waals surface area (Å²) in [5.74, 6) is 2.19. The van der Waals surface area contributed by atoms with Crippen LogP contribution in [-0.4, -0.2) is 30.8 Å². The lowest BCUT2D eigenvalue weighted by Crippen LogP contribution is -2.45. The molecular weight excluding hydrogens is 292 g/mol. The molecule has 1 saturated heterocycles. The van der Waals surface area contributed by atoms with E-state index in [1.807, 2.05) is 23.9 Å². The summed E-state index contributed by atoms with van der Waals surface area (Å²) in [6.45, 7) is 4.11. The minimum Gasteiger partial charge on any atom is -0.348 e. The molecule has 0 saturated carbocycles. The number of hydrogen-bond donors (Lipinski definition) is 2. The van der Waals surface area contributed by atoms with Gasteiger partial charge in [0, 0.05) is 23.9 Å². The maximum atomic E-state index is 12.1. The van der Waals surface area contributed by atoms with E-state index in [1.54, 1.807) is 0 Å². The van der Waals surface area contributed by atoms with Gasteiger partial charge >= 0.3 is 0 Å². The maximum absolute atomic E-state index is 12.1. The highest BCUT2D eigenvalue weighted by Crippen LogP contribution is 2.13. The smallest absolute Gasteiger partial charge is 0.251 e. The second-order valence-corrected chi connectivity index (χ2v) is 6.13. The molecule has 0 aliphatic carbocycles. The Morgan fingerprint density at radius 1 is 1.40 bits per heavy atom. The molecule has 0 bridgehead atoms. The van der Waals surface area contributed by atoms with Crippen LogP contribution in [0.5, 0.6) is 0 Å². The first kappa shape index (κ1) is 17.3. The molecule has 1 amide bonds. The lowest BCUT2D eigenvalue weighted by atomic mass is 10.1. The highest BCUT2D eigenvalue weighted by Gasteiger charge is 2.16. The first-order valence-electron chi connectivity index (χ1n) is 6.98. The van der Waals surface area contributed by atoms with E-state index in [4.69, 9.17) is 0 Å². The molecule has 1 atom stereocenters. The van der Waals surface area contributed by atoms with E-state index in [0.29, 0.717) is 0 Å². The van der Waals surface area contributed by atoms with Gasteiger partial charge < -0.3 is 10.6 Å². The van der Waals surface area contributed by atoms with Crippen molar-refractivity contribution in [1.82, 2.24) is 10.6 Å². The number of benzene rings is 1. The predicted molar refractivity (Wildman–Crippen MR) is 88.9 cm³/mol. The Balaban J connectivity index is 0.00000200. The number of nitrogens with one attached hydrogen (secondary N) is 2. The van der Waals surface area contributed by atoms with Crippen molar-refractivity contribution in [2.75, 3.05) is 18.8 Å². The zero-order valence-electron chi connectivity index (χ0n) is 11.9. The SMILES string of the molecule is CCSCc1ccc(C(=O)N[C@H]2CCCNC2)cc1.Cl. The monoisotopic (exact) mass is 314 g/mol. The summed E-state index contributed by atoms with van der Waals surface area (Å²) in [6, 6.07) is 8.23. The van der Waals surface area contributed by atoms with Crippen molar-refractivity contribution in [3.63, 3.8) is 0 Å². The summed E-state index contributed by atoms with van der Waals surface area (Å²) in [6.07, 6.45) is 2.21. The topological polar surface area (TPSA) is 41.1 Å². The number of carbonyl (C=O) groups is 1. The number of piperidine rings is 1. The van der Waals surface area contributed by atoms with Crippen LogP contribution < -0.4 is 10.6 Å². The summed E-state index contributed by atoms with van der Waals surface area (Å²) >= 11 is 1.90. The van der Waals surface area contributed by atoms with Crippen molar-refractivity contribution in [3.8, 4) is 0 Å². The Morgan fingerprint density at radius 2 is 2.15 bits per heavy atom. The standard InChI is InChI=1S/C15H22N2OS.ClH/c1-2-19-11-12-5-7-13(8-6-12)15(18)17-14-4-3-9-16-10-14;/h5-8,14,16H,2-4,9-11H2,1H3,(H,17,18);1H/t14-;/m0./s1. The number of carbonyl (C=O) groups excluding carboxylic acids is 1. The molecule has 1 aliphatic rings. The van der Waals surface area contributed by atoms with Crippen LogP contribution >= 0.6 is 24.2 Å². The molecule has 1 aliphatic heterocycles. The Kier molecular flexibility index (Phi) is 8.04. The number of thioether (sulfide) groups is 1. The molecule has 2 rings (SSSR count). The normalized spacial score (nSPS) is 18.1. The van der Waals surface area contributed by atoms with Crippen LogP contribution in [0.2, 0.25) is 0 Å². The molecule has 0 aromatic heterocycles. The van der Waals surface area contributed by atoms with E-state index in [2.05, 4.69) is 29.7 Å². The van der Waals surface area contributed by atoms with E-state index in [9.17, 15) is 4.79 Å². The van der Waals surface area contributed by atoms with Gasteiger partial charge in [-0.25, -0.2) is 0 Å². The van der Waals surface area contributed by atoms with Crippen LogP contribution in [-0.2, 0) is 5.75 Å². The fourth-order valence-corrected chi connectivity index (χ4v) is 2.85. The highest BCUT2D eigenvalue weighted by atomic mass is 35.5. The summed E-state index contributed by atoms with van der Waals surface area (Å²) in [4.78, 5) is 12.1. The minimum absolute atomic E-state index is 0. The third-order valence-electron chi connectivity index (χ3n) is 3.32. The first-order chi connectivity index (χ1) is 9.29. The number of hydrogen-bond acceptors (Lipinski definition) is 3. The Labute approximate surface area is 131 Å². The third kappa shape index (κ3) is 5.35. The summed E-state index contributed by atoms with van der Waals surface area (Å²) in [5.41, 5.74) is 2.04. The Hall–Kier alpha value is -0.710. The highest BCUT2D eigenvalue weighted by molar-refractivity contribution is 7.98. The molecule has 5 heteroatoms. The minimum atomic E-state index is 0. The average molecular weight is 315 g/mol. The predicted octanol–water partition coefficient (Wildman–Crippen LogP) is 2.84. The van der Waals surface area contributed by atoms with Crippen LogP contribution in [0, 0.1) is 0 Å². The maximum Gasteiger partial charge on any atom is 0.251 e. The molecule has 2 N–H and O–H groups in total. The van der Waals surface area contributed by atoms with Crippen molar-refractivity contribution in [3.05, 3.63) is 35.4 Å². The fraction of sp³-hybridized carbons (Fsp3) is 0.533. The largest absolute Gasteiger partial charge is 0.348 e. The third-order valence-corrected chi connectivity index (χ3v) is 4.27. The van der Waals surface area contributed by atoms with Gasteiger partial charge in [0.1, 0.15) is 0 Å². The molecule has 0 radical (unpaired) electrons. The van der Waals surface area contributed by atoms with Crippen molar-refractivity contribution in [2.45, 2.75) is 31.6 Å². The van der Waals surface area contributed by atoms with Gasteiger partial charge in [-0.15, -0.1) is 12.4 Å². The van der Waals surface area contributed by atoms with E-state index in [1.165, 1.54) is 5.56 Å². The van der Waals surface area contributed by atoms with Gasteiger partial charge in [0.2, 0.25) is 0 Å². The molecule has 0 spiro atoms. The first-order valence-corrected chi connectivity index (χ1v) is 8.13. The molecule has 1 fully saturated rings. The lowest BCUT2D eigenvalue weighted by Gasteiger charge is -2.23. The van der Waals surface area contributed by atoms with E-state index < -0.39 is 0 Å². The second-order valence-electron chi connectivity index (χ2n) is 4.85. The Morgan fingerprint density at radius 3 is 2.75 bits per heavy atom. The second kappa shape index (κ2) is 9.27. The average Bonchev–Trinajstić information content (AvgIpc) is 2.46. The van der Waals surface area contributed by atoms with Gasteiger partial charge in [0.25, 0.3) is 5.91 Å². The molecule has 112 valence electrons. The number of amides is 1. The molecule has 3 nitrogen and oxygen atoms in total. The molecular formula is C15H23ClN2OS. The van der Waals surface area contributed by atoms with Crippen molar-refractivity contribution < 1.29 is 4.79 Å². The fourth-order valence-electron chi connectivity index (χ4n) is 2.22. The van der Waals surface area contributed by atoms with Crippen molar-refractivity contribution in [1.29, 1.82) is 0 Å². The van der Waals surface area contributed by atoms with Crippen LogP contribution in [0.25, 0.3) is 0 Å². The van der Waals surface area contributed by atoms with Crippen molar-refractivity contribution >= 4 is 30.1 Å². The molecule has 0 unspecified atom stereocenters. The van der Waals surface area contributed by atoms with E-state index in [-0.39, 0.29) is 24.4 Å². The molecule has 1 aromatic rings.